The highest BCUT2D eigenvalue weighted by atomic mass is 79.9. The Morgan fingerprint density at radius 2 is 2.05 bits per heavy atom. The first-order valence-electron chi connectivity index (χ1n) is 6.20. The maximum atomic E-state index is 5.95. The highest BCUT2D eigenvalue weighted by molar-refractivity contribution is 9.10. The lowest BCUT2D eigenvalue weighted by Crippen LogP contribution is -2.13. The first-order valence-corrected chi connectivity index (χ1v) is 7.37. The number of ether oxygens (including phenoxy) is 1. The summed E-state index contributed by atoms with van der Waals surface area (Å²) in [6.07, 6.45) is 0.851. The lowest BCUT2D eigenvalue weighted by atomic mass is 10.3. The zero-order chi connectivity index (χ0) is 15.2. The molecule has 112 valence electrons. The molecular formula is C12H14BrClN6O. The number of anilines is 3. The van der Waals surface area contributed by atoms with Crippen molar-refractivity contribution in [3.8, 4) is 6.01 Å². The Morgan fingerprint density at radius 1 is 1.29 bits per heavy atom. The van der Waals surface area contributed by atoms with Crippen LogP contribution in [0.1, 0.15) is 13.3 Å². The largest absolute Gasteiger partial charge is 0.463 e. The molecule has 0 aliphatic heterocycles. The van der Waals surface area contributed by atoms with E-state index in [1.165, 1.54) is 0 Å². The van der Waals surface area contributed by atoms with Crippen LogP contribution in [0.25, 0.3) is 0 Å². The summed E-state index contributed by atoms with van der Waals surface area (Å²) in [5, 5.41) is 3.66. The highest BCUT2D eigenvalue weighted by Crippen LogP contribution is 2.27. The molecule has 2 rings (SSSR count). The molecule has 9 heteroatoms. The first-order chi connectivity index (χ1) is 10.1. The van der Waals surface area contributed by atoms with Crippen LogP contribution in [0, 0.1) is 0 Å². The van der Waals surface area contributed by atoms with Crippen LogP contribution < -0.4 is 21.3 Å². The second kappa shape index (κ2) is 7.39. The number of nitrogens with one attached hydrogen (secondary N) is 2. The first kappa shape index (κ1) is 15.7. The number of hydrogen-bond donors (Lipinski definition) is 3. The summed E-state index contributed by atoms with van der Waals surface area (Å²) in [5.41, 5.74) is 3.14. The monoisotopic (exact) mass is 372 g/mol. The molecule has 0 fully saturated rings. The van der Waals surface area contributed by atoms with E-state index in [0.29, 0.717) is 17.6 Å². The number of rotatable bonds is 6. The lowest BCUT2D eigenvalue weighted by molar-refractivity contribution is 0.292. The second-order valence-electron chi connectivity index (χ2n) is 4.01. The van der Waals surface area contributed by atoms with Crippen molar-refractivity contribution in [1.82, 2.24) is 15.0 Å². The van der Waals surface area contributed by atoms with Gasteiger partial charge in [0.25, 0.3) is 0 Å². The molecule has 0 aliphatic carbocycles. The maximum absolute atomic E-state index is 5.95. The van der Waals surface area contributed by atoms with Gasteiger partial charge in [0.2, 0.25) is 11.9 Å². The molecule has 7 nitrogen and oxygen atoms in total. The summed E-state index contributed by atoms with van der Waals surface area (Å²) in [5.74, 6) is 5.87. The van der Waals surface area contributed by atoms with E-state index in [1.807, 2.05) is 13.0 Å². The summed E-state index contributed by atoms with van der Waals surface area (Å²) < 4.78 is 6.16. The Morgan fingerprint density at radius 3 is 2.71 bits per heavy atom. The average molecular weight is 374 g/mol. The number of aromatic nitrogens is 3. The molecule has 0 amide bonds. The van der Waals surface area contributed by atoms with E-state index in [-0.39, 0.29) is 12.0 Å². The minimum Gasteiger partial charge on any atom is -0.463 e. The fourth-order valence-corrected chi connectivity index (χ4v) is 1.93. The van der Waals surface area contributed by atoms with Crippen LogP contribution >= 0.6 is 27.5 Å². The second-order valence-corrected chi connectivity index (χ2v) is 5.27. The van der Waals surface area contributed by atoms with E-state index in [0.717, 1.165) is 16.6 Å². The summed E-state index contributed by atoms with van der Waals surface area (Å²) in [4.78, 5) is 12.3. The van der Waals surface area contributed by atoms with Gasteiger partial charge in [-0.3, -0.25) is 5.43 Å². The summed E-state index contributed by atoms with van der Waals surface area (Å²) in [6.45, 7) is 2.51. The van der Waals surface area contributed by atoms with Gasteiger partial charge in [0.05, 0.1) is 11.6 Å². The van der Waals surface area contributed by atoms with Crippen molar-refractivity contribution in [1.29, 1.82) is 0 Å². The maximum Gasteiger partial charge on any atom is 0.323 e. The predicted octanol–water partition coefficient (Wildman–Crippen LogP) is 3.11. The third-order valence-electron chi connectivity index (χ3n) is 2.36. The van der Waals surface area contributed by atoms with Crippen molar-refractivity contribution < 1.29 is 4.74 Å². The quantitative estimate of drug-likeness (QED) is 0.528. The Labute approximate surface area is 135 Å². The molecule has 0 spiro atoms. The Bertz CT molecular complexity index is 627. The van der Waals surface area contributed by atoms with Crippen LogP contribution in [0.4, 0.5) is 17.6 Å². The van der Waals surface area contributed by atoms with E-state index in [1.54, 1.807) is 12.1 Å². The van der Waals surface area contributed by atoms with E-state index in [2.05, 4.69) is 41.6 Å². The van der Waals surface area contributed by atoms with E-state index < -0.39 is 0 Å². The van der Waals surface area contributed by atoms with Crippen molar-refractivity contribution in [3.63, 3.8) is 0 Å². The van der Waals surface area contributed by atoms with Gasteiger partial charge in [-0.1, -0.05) is 18.5 Å². The Kier molecular flexibility index (Phi) is 5.54. The molecule has 0 bridgehead atoms. The molecule has 21 heavy (non-hydrogen) atoms. The van der Waals surface area contributed by atoms with Crippen LogP contribution in [0.15, 0.2) is 22.7 Å². The lowest BCUT2D eigenvalue weighted by Gasteiger charge is -2.09. The van der Waals surface area contributed by atoms with Crippen LogP contribution in [0.5, 0.6) is 6.01 Å². The van der Waals surface area contributed by atoms with Gasteiger partial charge in [-0.25, -0.2) is 5.84 Å². The van der Waals surface area contributed by atoms with Crippen molar-refractivity contribution in [3.05, 3.63) is 27.7 Å². The number of nitrogens with two attached hydrogens (primary N) is 1. The smallest absolute Gasteiger partial charge is 0.323 e. The van der Waals surface area contributed by atoms with Crippen molar-refractivity contribution in [2.75, 3.05) is 17.3 Å². The van der Waals surface area contributed by atoms with E-state index in [9.17, 15) is 0 Å². The highest BCUT2D eigenvalue weighted by Gasteiger charge is 2.08. The van der Waals surface area contributed by atoms with Gasteiger partial charge in [0, 0.05) is 10.2 Å². The van der Waals surface area contributed by atoms with Gasteiger partial charge < -0.3 is 10.1 Å². The molecule has 1 aromatic heterocycles. The minimum atomic E-state index is 0.204. The molecule has 0 atom stereocenters. The van der Waals surface area contributed by atoms with Gasteiger partial charge in [0.1, 0.15) is 0 Å². The summed E-state index contributed by atoms with van der Waals surface area (Å²) >= 11 is 9.31. The molecular weight excluding hydrogens is 360 g/mol. The molecule has 0 saturated heterocycles. The Hall–Kier alpha value is -1.64. The fraction of sp³-hybridized carbons (Fsp3) is 0.250. The zero-order valence-corrected chi connectivity index (χ0v) is 13.6. The van der Waals surface area contributed by atoms with Crippen molar-refractivity contribution in [2.45, 2.75) is 13.3 Å². The molecule has 0 unspecified atom stereocenters. The van der Waals surface area contributed by atoms with Crippen LogP contribution in [-0.2, 0) is 0 Å². The van der Waals surface area contributed by atoms with Gasteiger partial charge in [-0.05, 0) is 40.5 Å². The van der Waals surface area contributed by atoms with E-state index in [4.69, 9.17) is 22.2 Å². The van der Waals surface area contributed by atoms with Gasteiger partial charge >= 0.3 is 6.01 Å². The molecule has 1 aromatic carbocycles. The molecule has 0 aliphatic rings. The summed E-state index contributed by atoms with van der Waals surface area (Å²) in [7, 11) is 0. The van der Waals surface area contributed by atoms with Crippen molar-refractivity contribution >= 4 is 45.1 Å². The molecule has 0 radical (unpaired) electrons. The van der Waals surface area contributed by atoms with Gasteiger partial charge in [-0.15, -0.1) is 0 Å². The Balaban J connectivity index is 2.23. The molecule has 0 saturated carbocycles. The number of benzene rings is 1. The molecule has 4 N–H and O–H groups in total. The topological polar surface area (TPSA) is 98.0 Å². The van der Waals surface area contributed by atoms with Crippen LogP contribution in [0.3, 0.4) is 0 Å². The van der Waals surface area contributed by atoms with Crippen LogP contribution in [-0.4, -0.2) is 21.6 Å². The third-order valence-corrected chi connectivity index (χ3v) is 3.57. The third kappa shape index (κ3) is 4.42. The number of halogens is 2. The number of hydrogen-bond acceptors (Lipinski definition) is 7. The standard InChI is InChI=1S/C12H14BrClN6O/c1-2-5-21-12-18-10(17-11(19-12)20-15)16-7-3-4-9(14)8(13)6-7/h3-4,6H,2,5,15H2,1H3,(H2,16,17,18,19,20). The minimum absolute atomic E-state index is 0.204. The molecule has 1 heterocycles. The number of nitrogen functional groups attached to an aromatic ring is 1. The van der Waals surface area contributed by atoms with Crippen molar-refractivity contribution in [2.24, 2.45) is 5.84 Å². The predicted molar refractivity (Wildman–Crippen MR) is 85.9 cm³/mol. The SMILES string of the molecule is CCCOc1nc(NN)nc(Nc2ccc(Cl)c(Br)c2)n1. The fourth-order valence-electron chi connectivity index (χ4n) is 1.44. The number of nitrogens with zero attached hydrogens (tertiary/aromatic N) is 3. The van der Waals surface area contributed by atoms with Gasteiger partial charge in [-0.2, -0.15) is 15.0 Å². The number of hydrazine groups is 1. The zero-order valence-electron chi connectivity index (χ0n) is 11.2. The summed E-state index contributed by atoms with van der Waals surface area (Å²) in [6, 6.07) is 5.58. The normalized spacial score (nSPS) is 10.3. The van der Waals surface area contributed by atoms with Gasteiger partial charge in [0.15, 0.2) is 0 Å². The average Bonchev–Trinajstić information content (AvgIpc) is 2.48. The van der Waals surface area contributed by atoms with E-state index >= 15 is 0 Å². The van der Waals surface area contributed by atoms with Crippen LogP contribution in [0.2, 0.25) is 5.02 Å². The molecule has 2 aromatic rings.